The van der Waals surface area contributed by atoms with Crippen LogP contribution in [0.15, 0.2) is 0 Å². The molecule has 2 bridgehead atoms. The molecule has 2 saturated heterocycles. The van der Waals surface area contributed by atoms with Gasteiger partial charge in [0, 0.05) is 38.1 Å². The molecule has 4 fully saturated rings. The lowest BCUT2D eigenvalue weighted by atomic mass is 9.45. The van der Waals surface area contributed by atoms with E-state index in [4.69, 9.17) is 4.74 Å². The minimum Gasteiger partial charge on any atom is -0.459 e. The molecule has 6 atom stereocenters. The summed E-state index contributed by atoms with van der Waals surface area (Å²) in [6.45, 7) is 5.40. The van der Waals surface area contributed by atoms with Gasteiger partial charge in [0.2, 0.25) is 0 Å². The number of hydrogen-bond acceptors (Lipinski definition) is 5. The molecule has 5 nitrogen and oxygen atoms in total. The molecular weight excluding hydrogens is 294 g/mol. The highest BCUT2D eigenvalue weighted by atomic mass is 16.6. The average Bonchev–Trinajstić information content (AvgIpc) is 2.46. The van der Waals surface area contributed by atoms with Gasteiger partial charge < -0.3 is 9.84 Å². The lowest BCUT2D eigenvalue weighted by Gasteiger charge is -2.70. The number of rotatable bonds is 1. The van der Waals surface area contributed by atoms with E-state index < -0.39 is 17.2 Å². The largest absolute Gasteiger partial charge is 0.459 e. The van der Waals surface area contributed by atoms with Crippen molar-refractivity contribution in [3.8, 4) is 0 Å². The molecule has 2 aliphatic heterocycles. The van der Waals surface area contributed by atoms with Crippen molar-refractivity contribution in [1.82, 2.24) is 4.90 Å². The summed E-state index contributed by atoms with van der Waals surface area (Å²) < 4.78 is 5.60. The lowest BCUT2D eigenvalue weighted by Crippen LogP contribution is -2.83. The molecule has 5 heteroatoms. The van der Waals surface area contributed by atoms with Crippen LogP contribution in [0.1, 0.15) is 52.4 Å². The summed E-state index contributed by atoms with van der Waals surface area (Å²) in [6.07, 6.45) is 4.22. The van der Waals surface area contributed by atoms with E-state index >= 15 is 0 Å². The number of aliphatic hydroxyl groups is 1. The zero-order valence-electron chi connectivity index (χ0n) is 14.1. The fourth-order valence-electron chi connectivity index (χ4n) is 6.49. The number of ketones is 1. The van der Waals surface area contributed by atoms with Gasteiger partial charge in [0.1, 0.15) is 17.5 Å². The van der Waals surface area contributed by atoms with Crippen LogP contribution in [0.4, 0.5) is 0 Å². The van der Waals surface area contributed by atoms with Crippen LogP contribution >= 0.6 is 0 Å². The standard InChI is InChI=1S/C18H27NO4/c1-11-8-13-9-15(21)14-4-3-6-19-7-5-16(23-12(2)20)18(13,22)17(14,19)10-11/h11,13-14,16,22H,3-10H2,1-2H3. The molecule has 1 spiro atoms. The second-order valence-corrected chi connectivity index (χ2v) is 8.23. The van der Waals surface area contributed by atoms with Crippen molar-refractivity contribution in [3.05, 3.63) is 0 Å². The molecule has 1 N–H and O–H groups in total. The molecule has 23 heavy (non-hydrogen) atoms. The van der Waals surface area contributed by atoms with Gasteiger partial charge in [0.05, 0.1) is 5.54 Å². The quantitative estimate of drug-likeness (QED) is 0.742. The Hall–Kier alpha value is -0.940. The van der Waals surface area contributed by atoms with E-state index in [-0.39, 0.29) is 17.8 Å². The van der Waals surface area contributed by atoms with Crippen LogP contribution in [0, 0.1) is 17.8 Å². The number of carbonyl (C=O) groups excluding carboxylic acids is 2. The van der Waals surface area contributed by atoms with Gasteiger partial charge >= 0.3 is 5.97 Å². The van der Waals surface area contributed by atoms with E-state index in [0.717, 1.165) is 38.8 Å². The predicted octanol–water partition coefficient (Wildman–Crippen LogP) is 1.52. The van der Waals surface area contributed by atoms with E-state index in [2.05, 4.69) is 11.8 Å². The zero-order chi connectivity index (χ0) is 16.4. The lowest BCUT2D eigenvalue weighted by molar-refractivity contribution is -0.288. The van der Waals surface area contributed by atoms with E-state index in [0.29, 0.717) is 24.5 Å². The molecule has 4 aliphatic rings. The number of ether oxygens (including phenoxy) is 1. The number of esters is 1. The second-order valence-electron chi connectivity index (χ2n) is 8.23. The molecule has 2 aliphatic carbocycles. The smallest absolute Gasteiger partial charge is 0.303 e. The van der Waals surface area contributed by atoms with Gasteiger partial charge in [-0.3, -0.25) is 14.5 Å². The molecule has 128 valence electrons. The van der Waals surface area contributed by atoms with Gasteiger partial charge in [0.25, 0.3) is 0 Å². The van der Waals surface area contributed by atoms with E-state index in [9.17, 15) is 14.7 Å². The highest BCUT2D eigenvalue weighted by Crippen LogP contribution is 2.61. The van der Waals surface area contributed by atoms with Gasteiger partial charge in [-0.1, -0.05) is 6.92 Å². The minimum atomic E-state index is -1.07. The molecule has 0 aromatic carbocycles. The molecule has 2 heterocycles. The summed E-state index contributed by atoms with van der Waals surface area (Å²) in [5.41, 5.74) is -1.58. The fourth-order valence-corrected chi connectivity index (χ4v) is 6.49. The van der Waals surface area contributed by atoms with Crippen molar-refractivity contribution < 1.29 is 19.4 Å². The van der Waals surface area contributed by atoms with Crippen LogP contribution in [-0.4, -0.2) is 52.1 Å². The summed E-state index contributed by atoms with van der Waals surface area (Å²) >= 11 is 0. The highest BCUT2D eigenvalue weighted by molar-refractivity contribution is 5.85. The Kier molecular flexibility index (Phi) is 3.40. The third kappa shape index (κ3) is 1.86. The van der Waals surface area contributed by atoms with Gasteiger partial charge in [-0.2, -0.15) is 0 Å². The van der Waals surface area contributed by atoms with E-state index in [1.165, 1.54) is 6.92 Å². The van der Waals surface area contributed by atoms with Crippen molar-refractivity contribution in [2.24, 2.45) is 17.8 Å². The van der Waals surface area contributed by atoms with Gasteiger partial charge in [-0.15, -0.1) is 0 Å². The monoisotopic (exact) mass is 321 g/mol. The van der Waals surface area contributed by atoms with Crippen molar-refractivity contribution in [3.63, 3.8) is 0 Å². The average molecular weight is 321 g/mol. The Morgan fingerprint density at radius 1 is 1.35 bits per heavy atom. The third-order valence-electron chi connectivity index (χ3n) is 7.02. The molecule has 0 aromatic heterocycles. The minimum absolute atomic E-state index is 0.0831. The first-order chi connectivity index (χ1) is 10.9. The molecular formula is C18H27NO4. The first-order valence-electron chi connectivity index (χ1n) is 9.07. The van der Waals surface area contributed by atoms with Crippen molar-refractivity contribution >= 4 is 11.8 Å². The highest BCUT2D eigenvalue weighted by Gasteiger charge is 2.73. The van der Waals surface area contributed by atoms with E-state index in [1.807, 2.05) is 0 Å². The number of piperidine rings is 2. The maximum Gasteiger partial charge on any atom is 0.303 e. The summed E-state index contributed by atoms with van der Waals surface area (Å²) in [5, 5.41) is 11.9. The summed E-state index contributed by atoms with van der Waals surface area (Å²) in [4.78, 5) is 26.8. The summed E-state index contributed by atoms with van der Waals surface area (Å²) in [7, 11) is 0. The van der Waals surface area contributed by atoms with Crippen molar-refractivity contribution in [1.29, 1.82) is 0 Å². The second kappa shape index (κ2) is 5.03. The first-order valence-corrected chi connectivity index (χ1v) is 9.07. The van der Waals surface area contributed by atoms with Crippen LogP contribution in [0.25, 0.3) is 0 Å². The van der Waals surface area contributed by atoms with Crippen LogP contribution in [0.5, 0.6) is 0 Å². The SMILES string of the molecule is CC(=O)OC1CCN2CCCC3C(=O)CC4CC(C)CC32C41O. The Morgan fingerprint density at radius 3 is 2.87 bits per heavy atom. The Bertz CT molecular complexity index is 545. The van der Waals surface area contributed by atoms with E-state index in [1.54, 1.807) is 0 Å². The Morgan fingerprint density at radius 2 is 2.13 bits per heavy atom. The topological polar surface area (TPSA) is 66.8 Å². The Balaban J connectivity index is 1.86. The number of hydrogen-bond donors (Lipinski definition) is 1. The first kappa shape index (κ1) is 15.6. The number of nitrogens with zero attached hydrogens (tertiary/aromatic N) is 1. The Labute approximate surface area is 137 Å². The third-order valence-corrected chi connectivity index (χ3v) is 7.02. The normalized spacial score (nSPS) is 49.4. The van der Waals surface area contributed by atoms with Gasteiger partial charge in [-0.25, -0.2) is 0 Å². The summed E-state index contributed by atoms with van der Waals surface area (Å²) in [6, 6.07) is 0. The summed E-state index contributed by atoms with van der Waals surface area (Å²) in [5.74, 6) is 0.301. The molecule has 0 aromatic rings. The predicted molar refractivity (Wildman–Crippen MR) is 83.7 cm³/mol. The molecule has 4 rings (SSSR count). The fraction of sp³-hybridized carbons (Fsp3) is 0.889. The maximum absolute atomic E-state index is 12.8. The van der Waals surface area contributed by atoms with Gasteiger partial charge in [-0.05, 0) is 38.1 Å². The van der Waals surface area contributed by atoms with Gasteiger partial charge in [0.15, 0.2) is 0 Å². The van der Waals surface area contributed by atoms with Crippen molar-refractivity contribution in [2.45, 2.75) is 69.6 Å². The zero-order valence-corrected chi connectivity index (χ0v) is 14.1. The maximum atomic E-state index is 12.8. The molecule has 0 radical (unpaired) electrons. The number of carbonyl (C=O) groups is 2. The van der Waals surface area contributed by atoms with Crippen LogP contribution in [0.2, 0.25) is 0 Å². The molecule has 2 saturated carbocycles. The van der Waals surface area contributed by atoms with Crippen LogP contribution < -0.4 is 0 Å². The number of Topliss-reactive ketones (excluding diaryl/α,β-unsaturated/α-hetero) is 1. The van der Waals surface area contributed by atoms with Crippen LogP contribution in [0.3, 0.4) is 0 Å². The molecule has 0 amide bonds. The molecule has 6 unspecified atom stereocenters. The van der Waals surface area contributed by atoms with Crippen LogP contribution in [-0.2, 0) is 14.3 Å². The van der Waals surface area contributed by atoms with Crippen molar-refractivity contribution in [2.75, 3.05) is 13.1 Å².